The van der Waals surface area contributed by atoms with Crippen molar-refractivity contribution in [3.63, 3.8) is 0 Å². The van der Waals surface area contributed by atoms with Crippen molar-refractivity contribution in [3.05, 3.63) is 101 Å². The summed E-state index contributed by atoms with van der Waals surface area (Å²) in [5.41, 5.74) is 5.15. The van der Waals surface area contributed by atoms with Crippen LogP contribution in [0.3, 0.4) is 0 Å². The molecule has 2 N–H and O–H groups in total. The molecule has 1 amide bonds. The van der Waals surface area contributed by atoms with Gasteiger partial charge in [-0.3, -0.25) is 9.48 Å². The second-order valence-electron chi connectivity index (χ2n) is 9.03. The molecule has 4 aromatic rings. The zero-order valence-corrected chi connectivity index (χ0v) is 19.8. The molecule has 0 aliphatic heterocycles. The summed E-state index contributed by atoms with van der Waals surface area (Å²) in [5.74, 6) is 0.474. The molecule has 2 aromatic carbocycles. The third-order valence-electron chi connectivity index (χ3n) is 6.11. The summed E-state index contributed by atoms with van der Waals surface area (Å²) >= 11 is 0. The van der Waals surface area contributed by atoms with Gasteiger partial charge in [-0.25, -0.2) is 9.53 Å². The number of amides is 1. The molecule has 5 rings (SSSR count). The Balaban J connectivity index is 1.40. The molecule has 1 fully saturated rings. The van der Waals surface area contributed by atoms with Crippen molar-refractivity contribution in [1.29, 1.82) is 0 Å². The minimum Gasteiger partial charge on any atom is -0.321 e. The maximum Gasteiger partial charge on any atom is 0.274 e. The Morgan fingerprint density at radius 2 is 2.00 bits per heavy atom. The number of hydrogen-bond donors (Lipinski definition) is 2. The molecule has 176 valence electrons. The standard InChI is InChI=1S/C27H27N7O/c1-18-12-25(34(32-18)24-9-5-7-22(14-24)28-2)27(35)31-23-8-4-6-20(13-23)26(29-15-19-10-11-19)21-16-30-33(3)17-21/h4-9,12-14,16-17,19,26,29H,10-11,15H2,1,3H3,(H,31,35). The third-order valence-corrected chi connectivity index (χ3v) is 6.11. The number of nitrogens with zero attached hydrogens (tertiary/aromatic N) is 5. The molecule has 0 saturated heterocycles. The fourth-order valence-corrected chi connectivity index (χ4v) is 4.17. The molecule has 35 heavy (non-hydrogen) atoms. The highest BCUT2D eigenvalue weighted by atomic mass is 16.2. The van der Waals surface area contributed by atoms with Crippen LogP contribution in [0.5, 0.6) is 0 Å². The number of carbonyl (C=O) groups is 1. The molecular weight excluding hydrogens is 438 g/mol. The van der Waals surface area contributed by atoms with Crippen LogP contribution in [0.25, 0.3) is 10.5 Å². The summed E-state index contributed by atoms with van der Waals surface area (Å²) in [5, 5.41) is 15.5. The Morgan fingerprint density at radius 3 is 2.74 bits per heavy atom. The highest BCUT2D eigenvalue weighted by Crippen LogP contribution is 2.31. The Kier molecular flexibility index (Phi) is 6.17. The van der Waals surface area contributed by atoms with Crippen LogP contribution in [0.1, 0.15) is 46.2 Å². The number of carbonyl (C=O) groups excluding carboxylic acids is 1. The lowest BCUT2D eigenvalue weighted by Gasteiger charge is -2.19. The third kappa shape index (κ3) is 5.15. The van der Waals surface area contributed by atoms with Crippen molar-refractivity contribution < 1.29 is 4.79 Å². The van der Waals surface area contributed by atoms with Gasteiger partial charge in [0.05, 0.1) is 30.2 Å². The van der Waals surface area contributed by atoms with Gasteiger partial charge in [-0.1, -0.05) is 24.3 Å². The first-order valence-electron chi connectivity index (χ1n) is 11.7. The van der Waals surface area contributed by atoms with Crippen LogP contribution >= 0.6 is 0 Å². The van der Waals surface area contributed by atoms with E-state index in [0.717, 1.165) is 29.3 Å². The number of nitrogens with one attached hydrogen (secondary N) is 2. The van der Waals surface area contributed by atoms with Gasteiger partial charge in [0.1, 0.15) is 5.69 Å². The van der Waals surface area contributed by atoms with Crippen molar-refractivity contribution >= 4 is 17.3 Å². The smallest absolute Gasteiger partial charge is 0.274 e. The van der Waals surface area contributed by atoms with Crippen molar-refractivity contribution in [2.24, 2.45) is 13.0 Å². The molecule has 2 heterocycles. The van der Waals surface area contributed by atoms with E-state index < -0.39 is 0 Å². The molecule has 1 aliphatic carbocycles. The molecule has 8 nitrogen and oxygen atoms in total. The largest absolute Gasteiger partial charge is 0.321 e. The van der Waals surface area contributed by atoms with Gasteiger partial charge in [0.25, 0.3) is 5.91 Å². The predicted molar refractivity (Wildman–Crippen MR) is 135 cm³/mol. The van der Waals surface area contributed by atoms with Crippen LogP contribution in [-0.2, 0) is 7.05 Å². The van der Waals surface area contributed by atoms with Crippen molar-refractivity contribution in [3.8, 4) is 5.69 Å². The SMILES string of the molecule is [C-]#[N+]c1cccc(-n2nc(C)cc2C(=O)Nc2cccc(C(NCC3CC3)c3cnn(C)c3)c2)c1. The maximum atomic E-state index is 13.3. The van der Waals surface area contributed by atoms with E-state index in [-0.39, 0.29) is 11.9 Å². The Labute approximate surface area is 204 Å². The Morgan fingerprint density at radius 1 is 1.17 bits per heavy atom. The van der Waals surface area contributed by atoms with Gasteiger partial charge in [-0.15, -0.1) is 0 Å². The Hall–Kier alpha value is -4.22. The molecule has 0 radical (unpaired) electrons. The van der Waals surface area contributed by atoms with Gasteiger partial charge in [0.15, 0.2) is 5.69 Å². The van der Waals surface area contributed by atoms with Crippen LogP contribution in [0.2, 0.25) is 0 Å². The van der Waals surface area contributed by atoms with E-state index in [1.54, 1.807) is 33.6 Å². The quantitative estimate of drug-likeness (QED) is 0.366. The number of aromatic nitrogens is 4. The topological polar surface area (TPSA) is 81.1 Å². The van der Waals surface area contributed by atoms with Gasteiger partial charge in [0.2, 0.25) is 0 Å². The van der Waals surface area contributed by atoms with Crippen LogP contribution in [0.15, 0.2) is 67.0 Å². The van der Waals surface area contributed by atoms with Crippen LogP contribution in [0, 0.1) is 19.4 Å². The minimum absolute atomic E-state index is 0.00899. The highest BCUT2D eigenvalue weighted by Gasteiger charge is 2.24. The molecule has 0 bridgehead atoms. The van der Waals surface area contributed by atoms with E-state index in [0.29, 0.717) is 22.8 Å². The molecule has 1 unspecified atom stereocenters. The first-order chi connectivity index (χ1) is 17.0. The monoisotopic (exact) mass is 465 g/mol. The lowest BCUT2D eigenvalue weighted by molar-refractivity contribution is 0.101. The number of aryl methyl sites for hydroxylation is 2. The molecule has 1 atom stereocenters. The summed E-state index contributed by atoms with van der Waals surface area (Å²) in [7, 11) is 1.91. The van der Waals surface area contributed by atoms with E-state index in [4.69, 9.17) is 6.57 Å². The van der Waals surface area contributed by atoms with E-state index in [9.17, 15) is 4.79 Å². The van der Waals surface area contributed by atoms with Crippen LogP contribution in [0.4, 0.5) is 11.4 Å². The average Bonchev–Trinajstić information content (AvgIpc) is 3.46. The van der Waals surface area contributed by atoms with Crippen molar-refractivity contribution in [1.82, 2.24) is 24.9 Å². The van der Waals surface area contributed by atoms with Gasteiger partial charge < -0.3 is 10.6 Å². The zero-order valence-electron chi connectivity index (χ0n) is 19.8. The molecule has 8 heteroatoms. The fraction of sp³-hybridized carbons (Fsp3) is 0.259. The van der Waals surface area contributed by atoms with Crippen molar-refractivity contribution in [2.45, 2.75) is 25.8 Å². The number of rotatable bonds is 8. The van der Waals surface area contributed by atoms with Gasteiger partial charge in [0, 0.05) is 24.5 Å². The van der Waals surface area contributed by atoms with Gasteiger partial charge >= 0.3 is 0 Å². The molecule has 0 spiro atoms. The van der Waals surface area contributed by atoms with Gasteiger partial charge in [-0.2, -0.15) is 10.2 Å². The summed E-state index contributed by atoms with van der Waals surface area (Å²) in [6.07, 6.45) is 6.45. The lowest BCUT2D eigenvalue weighted by atomic mass is 10.0. The predicted octanol–water partition coefficient (Wildman–Crippen LogP) is 4.81. The number of benzene rings is 2. The van der Waals surface area contributed by atoms with Crippen LogP contribution in [-0.4, -0.2) is 32.0 Å². The normalized spacial score (nSPS) is 13.9. The second kappa shape index (κ2) is 9.57. The summed E-state index contributed by atoms with van der Waals surface area (Å²) in [6.45, 7) is 10.1. The fourth-order valence-electron chi connectivity index (χ4n) is 4.17. The molecule has 2 aromatic heterocycles. The second-order valence-corrected chi connectivity index (χ2v) is 9.03. The summed E-state index contributed by atoms with van der Waals surface area (Å²) in [6, 6.07) is 16.7. The van der Waals surface area contributed by atoms with Gasteiger partial charge in [-0.05, 0) is 68.1 Å². The van der Waals surface area contributed by atoms with Crippen molar-refractivity contribution in [2.75, 3.05) is 11.9 Å². The lowest BCUT2D eigenvalue weighted by Crippen LogP contribution is -2.24. The first-order valence-corrected chi connectivity index (χ1v) is 11.7. The van der Waals surface area contributed by atoms with Crippen LogP contribution < -0.4 is 10.6 Å². The van der Waals surface area contributed by atoms with E-state index in [2.05, 4.69) is 31.7 Å². The zero-order chi connectivity index (χ0) is 24.4. The van der Waals surface area contributed by atoms with E-state index in [1.807, 2.05) is 50.6 Å². The minimum atomic E-state index is -0.264. The van der Waals surface area contributed by atoms with E-state index in [1.165, 1.54) is 12.8 Å². The highest BCUT2D eigenvalue weighted by molar-refractivity contribution is 6.03. The maximum absolute atomic E-state index is 13.3. The molecule has 1 saturated carbocycles. The number of hydrogen-bond acceptors (Lipinski definition) is 4. The Bertz CT molecular complexity index is 1410. The average molecular weight is 466 g/mol. The molecular formula is C27H27N7O. The molecule has 1 aliphatic rings. The van der Waals surface area contributed by atoms with E-state index >= 15 is 0 Å². The first kappa shape index (κ1) is 22.6. The number of anilines is 1. The summed E-state index contributed by atoms with van der Waals surface area (Å²) < 4.78 is 3.39. The summed E-state index contributed by atoms with van der Waals surface area (Å²) in [4.78, 5) is 16.8.